The van der Waals surface area contributed by atoms with Crippen molar-refractivity contribution in [2.75, 3.05) is 20.1 Å². The van der Waals surface area contributed by atoms with Crippen LogP contribution in [0, 0.1) is 13.8 Å². The van der Waals surface area contributed by atoms with E-state index in [9.17, 15) is 4.79 Å². The highest BCUT2D eigenvalue weighted by Crippen LogP contribution is 2.15. The van der Waals surface area contributed by atoms with Crippen molar-refractivity contribution in [3.63, 3.8) is 0 Å². The van der Waals surface area contributed by atoms with E-state index in [1.807, 2.05) is 37.9 Å². The summed E-state index contributed by atoms with van der Waals surface area (Å²) in [6.45, 7) is 5.83. The van der Waals surface area contributed by atoms with E-state index in [1.165, 1.54) is 0 Å². The molecular weight excluding hydrogens is 226 g/mol. The van der Waals surface area contributed by atoms with Gasteiger partial charge >= 0.3 is 0 Å². The number of hydrogen-bond acceptors (Lipinski definition) is 3. The Balaban J connectivity index is 2.14. The Morgan fingerprint density at radius 3 is 2.61 bits per heavy atom. The van der Waals surface area contributed by atoms with Crippen LogP contribution in [0.15, 0.2) is 12.1 Å². The van der Waals surface area contributed by atoms with Crippen LogP contribution in [0.2, 0.25) is 0 Å². The number of nitrogens with one attached hydrogen (secondary N) is 1. The number of nitrogens with zero attached hydrogens (tertiary/aromatic N) is 2. The molecule has 0 radical (unpaired) electrons. The van der Waals surface area contributed by atoms with Gasteiger partial charge in [0.05, 0.1) is 11.3 Å². The zero-order valence-corrected chi connectivity index (χ0v) is 11.4. The average molecular weight is 247 g/mol. The van der Waals surface area contributed by atoms with E-state index < -0.39 is 0 Å². The molecule has 0 spiro atoms. The van der Waals surface area contributed by atoms with Crippen molar-refractivity contribution >= 4 is 5.91 Å². The normalized spacial score (nSPS) is 16.6. The van der Waals surface area contributed by atoms with Crippen LogP contribution in [0.1, 0.15) is 34.6 Å². The van der Waals surface area contributed by atoms with Crippen LogP contribution in [-0.2, 0) is 0 Å². The lowest BCUT2D eigenvalue weighted by molar-refractivity contribution is 0.0702. The van der Waals surface area contributed by atoms with Crippen molar-refractivity contribution in [2.24, 2.45) is 0 Å². The highest BCUT2D eigenvalue weighted by molar-refractivity contribution is 5.95. The van der Waals surface area contributed by atoms with Gasteiger partial charge in [0.15, 0.2) is 0 Å². The molecule has 1 aromatic heterocycles. The second-order valence-electron chi connectivity index (χ2n) is 4.98. The van der Waals surface area contributed by atoms with Gasteiger partial charge in [-0.05, 0) is 51.9 Å². The van der Waals surface area contributed by atoms with E-state index in [0.29, 0.717) is 6.04 Å². The molecule has 0 saturated carbocycles. The van der Waals surface area contributed by atoms with Crippen LogP contribution in [0.4, 0.5) is 0 Å². The number of piperidine rings is 1. The van der Waals surface area contributed by atoms with Gasteiger partial charge in [0.1, 0.15) is 0 Å². The van der Waals surface area contributed by atoms with Crippen LogP contribution >= 0.6 is 0 Å². The van der Waals surface area contributed by atoms with Crippen LogP contribution in [0.3, 0.4) is 0 Å². The average Bonchev–Trinajstić information content (AvgIpc) is 2.38. The number of pyridine rings is 1. The fraction of sp³-hybridized carbons (Fsp3) is 0.571. The third-order valence-electron chi connectivity index (χ3n) is 3.63. The molecule has 0 unspecified atom stereocenters. The highest BCUT2D eigenvalue weighted by atomic mass is 16.2. The maximum absolute atomic E-state index is 12.4. The third kappa shape index (κ3) is 2.70. The predicted octanol–water partition coefficient (Wildman–Crippen LogP) is 1.52. The van der Waals surface area contributed by atoms with Gasteiger partial charge in [0.25, 0.3) is 5.91 Å². The first-order chi connectivity index (χ1) is 8.59. The van der Waals surface area contributed by atoms with E-state index >= 15 is 0 Å². The van der Waals surface area contributed by atoms with E-state index in [0.717, 1.165) is 42.9 Å². The lowest BCUT2D eigenvalue weighted by Crippen LogP contribution is -2.44. The summed E-state index contributed by atoms with van der Waals surface area (Å²) in [4.78, 5) is 18.7. The molecule has 0 atom stereocenters. The van der Waals surface area contributed by atoms with E-state index in [-0.39, 0.29) is 5.91 Å². The Morgan fingerprint density at radius 2 is 2.00 bits per heavy atom. The van der Waals surface area contributed by atoms with Gasteiger partial charge in [0.2, 0.25) is 0 Å². The molecule has 4 nitrogen and oxygen atoms in total. The van der Waals surface area contributed by atoms with Crippen LogP contribution in [0.25, 0.3) is 0 Å². The van der Waals surface area contributed by atoms with Crippen molar-refractivity contribution in [1.82, 2.24) is 15.2 Å². The Bertz CT molecular complexity index is 439. The number of amides is 1. The highest BCUT2D eigenvalue weighted by Gasteiger charge is 2.23. The summed E-state index contributed by atoms with van der Waals surface area (Å²) >= 11 is 0. The molecule has 1 fully saturated rings. The number of aryl methyl sites for hydroxylation is 2. The Hall–Kier alpha value is -1.42. The third-order valence-corrected chi connectivity index (χ3v) is 3.63. The van der Waals surface area contributed by atoms with E-state index in [1.54, 1.807) is 0 Å². The monoisotopic (exact) mass is 247 g/mol. The van der Waals surface area contributed by atoms with Gasteiger partial charge < -0.3 is 10.2 Å². The Morgan fingerprint density at radius 1 is 1.33 bits per heavy atom. The molecule has 1 amide bonds. The number of carbonyl (C=O) groups excluding carboxylic acids is 1. The molecule has 98 valence electrons. The summed E-state index contributed by atoms with van der Waals surface area (Å²) in [6.07, 6.45) is 2.06. The molecule has 4 heteroatoms. The molecule has 18 heavy (non-hydrogen) atoms. The first-order valence-corrected chi connectivity index (χ1v) is 6.51. The maximum Gasteiger partial charge on any atom is 0.255 e. The summed E-state index contributed by atoms with van der Waals surface area (Å²) in [6, 6.07) is 4.13. The topological polar surface area (TPSA) is 45.2 Å². The maximum atomic E-state index is 12.4. The molecule has 1 aromatic rings. The SMILES string of the molecule is Cc1ccc(C(=O)N(C)C2CCNCC2)c(C)n1. The smallest absolute Gasteiger partial charge is 0.255 e. The quantitative estimate of drug-likeness (QED) is 0.862. The first-order valence-electron chi connectivity index (χ1n) is 6.51. The van der Waals surface area contributed by atoms with E-state index in [2.05, 4.69) is 10.3 Å². The van der Waals surface area contributed by atoms with Crippen LogP contribution in [0.5, 0.6) is 0 Å². The molecule has 2 rings (SSSR count). The zero-order valence-electron chi connectivity index (χ0n) is 11.4. The van der Waals surface area contributed by atoms with E-state index in [4.69, 9.17) is 0 Å². The number of carbonyl (C=O) groups is 1. The number of aromatic nitrogens is 1. The molecular formula is C14H21N3O. The zero-order chi connectivity index (χ0) is 13.1. The molecule has 0 aliphatic carbocycles. The van der Waals surface area contributed by atoms with Crippen LogP contribution < -0.4 is 5.32 Å². The lowest BCUT2D eigenvalue weighted by atomic mass is 10.0. The Labute approximate surface area is 108 Å². The standard InChI is InChI=1S/C14H21N3O/c1-10-4-5-13(11(2)16-10)14(18)17(3)12-6-8-15-9-7-12/h4-5,12,15H,6-9H2,1-3H3. The second-order valence-corrected chi connectivity index (χ2v) is 4.98. The van der Waals surface area contributed by atoms with Gasteiger partial charge in [-0.25, -0.2) is 0 Å². The minimum absolute atomic E-state index is 0.0897. The van der Waals surface area contributed by atoms with Crippen molar-refractivity contribution in [3.8, 4) is 0 Å². The van der Waals surface area contributed by atoms with Gasteiger partial charge in [-0.15, -0.1) is 0 Å². The number of rotatable bonds is 2. The summed E-state index contributed by atoms with van der Waals surface area (Å²) in [5.74, 6) is 0.0897. The van der Waals surface area contributed by atoms with Crippen molar-refractivity contribution in [3.05, 3.63) is 29.1 Å². The van der Waals surface area contributed by atoms with Crippen molar-refractivity contribution < 1.29 is 4.79 Å². The number of hydrogen-bond donors (Lipinski definition) is 1. The lowest BCUT2D eigenvalue weighted by Gasteiger charge is -2.32. The summed E-state index contributed by atoms with van der Waals surface area (Å²) in [7, 11) is 1.90. The molecule has 2 heterocycles. The predicted molar refractivity (Wildman–Crippen MR) is 71.7 cm³/mol. The van der Waals surface area contributed by atoms with Gasteiger partial charge in [-0.3, -0.25) is 9.78 Å². The van der Waals surface area contributed by atoms with Gasteiger partial charge in [0, 0.05) is 18.8 Å². The second kappa shape index (κ2) is 5.48. The fourth-order valence-electron chi connectivity index (χ4n) is 2.46. The molecule has 1 N–H and O–H groups in total. The Kier molecular flexibility index (Phi) is 3.97. The fourth-order valence-corrected chi connectivity index (χ4v) is 2.46. The van der Waals surface area contributed by atoms with Crippen molar-refractivity contribution in [1.29, 1.82) is 0 Å². The minimum Gasteiger partial charge on any atom is -0.339 e. The minimum atomic E-state index is 0.0897. The molecule has 1 aliphatic rings. The van der Waals surface area contributed by atoms with Gasteiger partial charge in [-0.1, -0.05) is 0 Å². The molecule has 0 aromatic carbocycles. The summed E-state index contributed by atoms with van der Waals surface area (Å²) in [5, 5.41) is 3.32. The molecule has 1 aliphatic heterocycles. The van der Waals surface area contributed by atoms with Crippen LogP contribution in [-0.4, -0.2) is 42.0 Å². The summed E-state index contributed by atoms with van der Waals surface area (Å²) < 4.78 is 0. The molecule has 1 saturated heterocycles. The molecule has 0 bridgehead atoms. The summed E-state index contributed by atoms with van der Waals surface area (Å²) in [5.41, 5.74) is 2.50. The largest absolute Gasteiger partial charge is 0.339 e. The first kappa shape index (κ1) is 13.0. The van der Waals surface area contributed by atoms with Gasteiger partial charge in [-0.2, -0.15) is 0 Å². The van der Waals surface area contributed by atoms with Crippen molar-refractivity contribution in [2.45, 2.75) is 32.7 Å².